The number of aromatic amines is 1. The number of hydrogen-bond donors (Lipinski definition) is 3. The number of H-pyrrole nitrogens is 1. The maximum Gasteiger partial charge on any atom is 0.325 e. The number of benzene rings is 3. The predicted molar refractivity (Wildman–Crippen MR) is 153 cm³/mol. The number of imidazole rings is 1. The molecule has 8 nitrogen and oxygen atoms in total. The fourth-order valence-corrected chi connectivity index (χ4v) is 5.45. The molecule has 2 heterocycles. The Morgan fingerprint density at radius 1 is 1.05 bits per heavy atom. The molecule has 3 aromatic carbocycles. The van der Waals surface area contributed by atoms with Gasteiger partial charge < -0.3 is 20.1 Å². The average Bonchev–Trinajstić information content (AvgIpc) is 3.47. The summed E-state index contributed by atoms with van der Waals surface area (Å²) in [5, 5.41) is 12.4. The molecule has 1 fully saturated rings. The van der Waals surface area contributed by atoms with E-state index in [1.165, 1.54) is 4.90 Å². The molecule has 0 saturated carbocycles. The number of aromatic nitrogens is 2. The molecular formula is C31H31ClN4O4. The first-order valence-electron chi connectivity index (χ1n) is 13.1. The number of urea groups is 1. The van der Waals surface area contributed by atoms with Crippen LogP contribution in [0.15, 0.2) is 72.8 Å². The molecule has 3 atom stereocenters. The highest BCUT2D eigenvalue weighted by Gasteiger charge is 2.46. The van der Waals surface area contributed by atoms with Crippen molar-refractivity contribution >= 4 is 23.5 Å². The molecule has 40 heavy (non-hydrogen) atoms. The fraction of sp³-hybridized carbons (Fsp3) is 0.258. The van der Waals surface area contributed by atoms with Crippen LogP contribution in [0.5, 0.6) is 5.75 Å². The van der Waals surface area contributed by atoms with Crippen molar-refractivity contribution in [2.45, 2.75) is 38.8 Å². The molecule has 3 N–H and O–H groups in total. The van der Waals surface area contributed by atoms with Crippen LogP contribution in [0.3, 0.4) is 0 Å². The smallest absolute Gasteiger partial charge is 0.325 e. The molecular weight excluding hydrogens is 528 g/mol. The highest BCUT2D eigenvalue weighted by atomic mass is 35.5. The number of aryl methyl sites for hydroxylation is 2. The second-order valence-corrected chi connectivity index (χ2v) is 10.4. The van der Waals surface area contributed by atoms with Crippen LogP contribution in [0.1, 0.15) is 53.1 Å². The minimum Gasteiger partial charge on any atom is -0.491 e. The number of carbonyl (C=O) groups excluding carboxylic acids is 2. The minimum absolute atomic E-state index is 0.0983. The van der Waals surface area contributed by atoms with E-state index in [1.54, 1.807) is 24.3 Å². The van der Waals surface area contributed by atoms with E-state index in [0.717, 1.165) is 22.4 Å². The lowest BCUT2D eigenvalue weighted by atomic mass is 9.91. The second-order valence-electron chi connectivity index (χ2n) is 9.95. The van der Waals surface area contributed by atoms with Gasteiger partial charge in [0.1, 0.15) is 30.3 Å². The number of nitrogens with zero attached hydrogens (tertiary/aromatic N) is 2. The summed E-state index contributed by atoms with van der Waals surface area (Å²) in [5.41, 5.74) is 4.87. The number of rotatable bonds is 9. The Kier molecular flexibility index (Phi) is 7.91. The molecule has 206 valence electrons. The normalized spacial score (nSPS) is 16.6. The summed E-state index contributed by atoms with van der Waals surface area (Å²) in [6.07, 6.45) is 0. The van der Waals surface area contributed by atoms with E-state index in [2.05, 4.69) is 10.3 Å². The van der Waals surface area contributed by atoms with Crippen molar-refractivity contribution in [2.24, 2.45) is 0 Å². The Bertz CT molecular complexity index is 1520. The Balaban J connectivity index is 1.53. The topological polar surface area (TPSA) is 108 Å². The van der Waals surface area contributed by atoms with Gasteiger partial charge in [0.25, 0.3) is 5.91 Å². The predicted octanol–water partition coefficient (Wildman–Crippen LogP) is 5.86. The zero-order chi connectivity index (χ0) is 28.4. The first kappa shape index (κ1) is 27.4. The third kappa shape index (κ3) is 5.33. The summed E-state index contributed by atoms with van der Waals surface area (Å²) in [6.45, 7) is 5.93. The van der Waals surface area contributed by atoms with Crippen molar-refractivity contribution in [3.63, 3.8) is 0 Å². The molecule has 0 spiro atoms. The van der Waals surface area contributed by atoms with Crippen LogP contribution in [-0.2, 0) is 4.79 Å². The molecule has 4 aromatic rings. The minimum atomic E-state index is -0.855. The Labute approximate surface area is 238 Å². The van der Waals surface area contributed by atoms with Gasteiger partial charge in [0.05, 0.1) is 17.3 Å². The Morgan fingerprint density at radius 3 is 2.45 bits per heavy atom. The van der Waals surface area contributed by atoms with Crippen LogP contribution in [-0.4, -0.2) is 45.1 Å². The van der Waals surface area contributed by atoms with E-state index in [9.17, 15) is 9.59 Å². The van der Waals surface area contributed by atoms with Crippen LogP contribution in [0.4, 0.5) is 4.79 Å². The van der Waals surface area contributed by atoms with Crippen molar-refractivity contribution in [1.82, 2.24) is 20.2 Å². The van der Waals surface area contributed by atoms with Crippen molar-refractivity contribution in [3.8, 4) is 17.0 Å². The van der Waals surface area contributed by atoms with Gasteiger partial charge >= 0.3 is 6.03 Å². The molecule has 1 aliphatic rings. The Hall–Kier alpha value is -4.14. The van der Waals surface area contributed by atoms with Gasteiger partial charge in [0.2, 0.25) is 0 Å². The number of aliphatic hydroxyl groups is 1. The zero-order valence-corrected chi connectivity index (χ0v) is 23.3. The maximum atomic E-state index is 13.9. The summed E-state index contributed by atoms with van der Waals surface area (Å²) in [5.74, 6) is 0.425. The highest BCUT2D eigenvalue weighted by molar-refractivity contribution is 6.33. The molecule has 2 unspecified atom stereocenters. The number of imide groups is 1. The molecule has 0 radical (unpaired) electrons. The molecule has 0 bridgehead atoms. The maximum absolute atomic E-state index is 13.9. The number of hydrogen-bond acceptors (Lipinski definition) is 5. The summed E-state index contributed by atoms with van der Waals surface area (Å²) in [7, 11) is 0. The molecule has 3 amide bonds. The summed E-state index contributed by atoms with van der Waals surface area (Å²) >= 11 is 6.58. The van der Waals surface area contributed by atoms with E-state index in [1.807, 2.05) is 69.3 Å². The van der Waals surface area contributed by atoms with E-state index in [0.29, 0.717) is 27.9 Å². The van der Waals surface area contributed by atoms with Gasteiger partial charge in [-0.25, -0.2) is 9.78 Å². The lowest BCUT2D eigenvalue weighted by molar-refractivity contribution is -0.129. The van der Waals surface area contributed by atoms with Gasteiger partial charge in [-0.1, -0.05) is 73.1 Å². The van der Waals surface area contributed by atoms with Crippen LogP contribution in [0.25, 0.3) is 11.3 Å². The monoisotopic (exact) mass is 558 g/mol. The van der Waals surface area contributed by atoms with Gasteiger partial charge in [-0.2, -0.15) is 0 Å². The second kappa shape index (κ2) is 11.5. The van der Waals surface area contributed by atoms with Gasteiger partial charge in [-0.3, -0.25) is 9.69 Å². The molecule has 5 rings (SSSR count). The van der Waals surface area contributed by atoms with Gasteiger partial charge in [-0.15, -0.1) is 0 Å². The largest absolute Gasteiger partial charge is 0.491 e. The summed E-state index contributed by atoms with van der Waals surface area (Å²) in [4.78, 5) is 36.9. The third-order valence-electron chi connectivity index (χ3n) is 7.18. The van der Waals surface area contributed by atoms with Crippen molar-refractivity contribution in [1.29, 1.82) is 0 Å². The standard InChI is InChI=1S/C31H31ClN4O4/c1-18-9-14-24(25(32)17-18)26-20(3)33-29(34-26)28(19(2)21-7-5-4-6-8-21)36-30(38)27(35-31(36)39)22-10-12-23(13-11-22)40-16-15-37/h4-14,17,19,27-28,37H,15-16H2,1-3H3,(H,33,34)(H,35,39)/t19?,27-,28?/m1/s1. The number of amides is 3. The molecule has 9 heteroatoms. The average molecular weight is 559 g/mol. The number of ether oxygens (including phenoxy) is 1. The number of carbonyl (C=O) groups is 2. The first-order chi connectivity index (χ1) is 19.3. The van der Waals surface area contributed by atoms with Crippen LogP contribution < -0.4 is 10.1 Å². The van der Waals surface area contributed by atoms with Crippen LogP contribution in [0, 0.1) is 13.8 Å². The summed E-state index contributed by atoms with van der Waals surface area (Å²) < 4.78 is 5.43. The third-order valence-corrected chi connectivity index (χ3v) is 7.50. The molecule has 1 aromatic heterocycles. The number of halogens is 1. The lowest BCUT2D eigenvalue weighted by Crippen LogP contribution is -2.38. The van der Waals surface area contributed by atoms with Crippen molar-refractivity contribution in [2.75, 3.05) is 13.2 Å². The SMILES string of the molecule is Cc1ccc(-c2nc(C(C(C)c3ccccc3)N3C(=O)N[C@H](c4ccc(OCCO)cc4)C3=O)[nH]c2C)c(Cl)c1. The highest BCUT2D eigenvalue weighted by Crippen LogP contribution is 2.40. The van der Waals surface area contributed by atoms with Crippen molar-refractivity contribution in [3.05, 3.63) is 106 Å². The van der Waals surface area contributed by atoms with E-state index >= 15 is 0 Å². The van der Waals surface area contributed by atoms with Gasteiger partial charge in [0.15, 0.2) is 0 Å². The first-order valence-corrected chi connectivity index (χ1v) is 13.5. The van der Waals surface area contributed by atoms with Gasteiger partial charge in [-0.05, 0) is 48.7 Å². The quantitative estimate of drug-likeness (QED) is 0.223. The van der Waals surface area contributed by atoms with E-state index < -0.39 is 18.1 Å². The fourth-order valence-electron chi connectivity index (χ4n) is 5.12. The van der Waals surface area contributed by atoms with E-state index in [-0.39, 0.29) is 25.0 Å². The molecule has 1 aliphatic heterocycles. The zero-order valence-electron chi connectivity index (χ0n) is 22.5. The molecule has 1 saturated heterocycles. The van der Waals surface area contributed by atoms with Gasteiger partial charge in [0, 0.05) is 17.2 Å². The molecule has 0 aliphatic carbocycles. The number of aliphatic hydroxyl groups excluding tert-OH is 1. The van der Waals surface area contributed by atoms with Crippen LogP contribution in [0.2, 0.25) is 5.02 Å². The Morgan fingerprint density at radius 2 is 1.77 bits per heavy atom. The van der Waals surface area contributed by atoms with Crippen molar-refractivity contribution < 1.29 is 19.4 Å². The van der Waals surface area contributed by atoms with Crippen LogP contribution >= 0.6 is 11.6 Å². The van der Waals surface area contributed by atoms with E-state index in [4.69, 9.17) is 26.4 Å². The number of nitrogens with one attached hydrogen (secondary N) is 2. The lowest BCUT2D eigenvalue weighted by Gasteiger charge is -2.29. The summed E-state index contributed by atoms with van der Waals surface area (Å²) in [6, 6.07) is 20.4.